The van der Waals surface area contributed by atoms with Gasteiger partial charge in [-0.15, -0.1) is 0 Å². The summed E-state index contributed by atoms with van der Waals surface area (Å²) < 4.78 is 5.34. The number of carbonyl (C=O) groups is 3. The van der Waals surface area contributed by atoms with Gasteiger partial charge in [-0.1, -0.05) is 17.3 Å². The van der Waals surface area contributed by atoms with E-state index in [1.165, 1.54) is 5.56 Å². The number of hydrogen-bond donors (Lipinski definition) is 1. The van der Waals surface area contributed by atoms with Crippen molar-refractivity contribution in [2.24, 2.45) is 0 Å². The Balaban J connectivity index is 1.23. The monoisotopic (exact) mass is 422 g/mol. The minimum Gasteiger partial charge on any atom is -0.360 e. The highest BCUT2D eigenvalue weighted by atomic mass is 16.5. The highest BCUT2D eigenvalue weighted by Crippen LogP contribution is 2.33. The molecule has 162 valence electrons. The van der Waals surface area contributed by atoms with Gasteiger partial charge in [0.05, 0.1) is 12.2 Å². The first-order chi connectivity index (χ1) is 15.0. The molecule has 0 aliphatic carbocycles. The second kappa shape index (κ2) is 7.92. The molecule has 1 N–H and O–H groups in total. The second-order valence-corrected chi connectivity index (χ2v) is 8.80. The van der Waals surface area contributed by atoms with Crippen molar-refractivity contribution in [3.63, 3.8) is 0 Å². The zero-order chi connectivity index (χ0) is 21.5. The SMILES string of the molecule is Cc1cc(CN2CCC(c3ccc4c(c3)CN(C3CCC(=O)NC3=O)C4=O)CC2)on1. The molecule has 0 radical (unpaired) electrons. The Morgan fingerprint density at radius 3 is 2.65 bits per heavy atom. The third-order valence-electron chi connectivity index (χ3n) is 6.66. The summed E-state index contributed by atoms with van der Waals surface area (Å²) in [5, 5.41) is 6.31. The van der Waals surface area contributed by atoms with Crippen molar-refractivity contribution < 1.29 is 18.9 Å². The number of hydrogen-bond acceptors (Lipinski definition) is 6. The van der Waals surface area contributed by atoms with Gasteiger partial charge < -0.3 is 9.42 Å². The second-order valence-electron chi connectivity index (χ2n) is 8.80. The van der Waals surface area contributed by atoms with Gasteiger partial charge in [0.15, 0.2) is 5.76 Å². The number of nitrogens with one attached hydrogen (secondary N) is 1. The third kappa shape index (κ3) is 3.87. The number of amides is 3. The van der Waals surface area contributed by atoms with E-state index >= 15 is 0 Å². The summed E-state index contributed by atoms with van der Waals surface area (Å²) >= 11 is 0. The number of rotatable bonds is 4. The fourth-order valence-electron chi connectivity index (χ4n) is 4.98. The molecule has 2 saturated heterocycles. The van der Waals surface area contributed by atoms with Crippen LogP contribution in [0.1, 0.15) is 64.5 Å². The molecule has 0 saturated carbocycles. The lowest BCUT2D eigenvalue weighted by Gasteiger charge is -2.31. The van der Waals surface area contributed by atoms with Crippen LogP contribution in [0.15, 0.2) is 28.8 Å². The smallest absolute Gasteiger partial charge is 0.255 e. The number of aromatic nitrogens is 1. The highest BCUT2D eigenvalue weighted by molar-refractivity contribution is 6.05. The van der Waals surface area contributed by atoms with Gasteiger partial charge in [-0.2, -0.15) is 0 Å². The minimum absolute atomic E-state index is 0.117. The molecular formula is C23H26N4O4. The van der Waals surface area contributed by atoms with Crippen molar-refractivity contribution in [2.45, 2.75) is 57.7 Å². The molecule has 3 aliphatic rings. The minimum atomic E-state index is -0.566. The van der Waals surface area contributed by atoms with Crippen molar-refractivity contribution in [3.05, 3.63) is 52.4 Å². The van der Waals surface area contributed by atoms with Crippen LogP contribution in [-0.2, 0) is 22.7 Å². The van der Waals surface area contributed by atoms with Crippen molar-refractivity contribution in [3.8, 4) is 0 Å². The lowest BCUT2D eigenvalue weighted by atomic mass is 9.88. The van der Waals surface area contributed by atoms with Crippen LogP contribution in [0.25, 0.3) is 0 Å². The Morgan fingerprint density at radius 1 is 1.13 bits per heavy atom. The van der Waals surface area contributed by atoms with Crippen LogP contribution in [0, 0.1) is 6.92 Å². The van der Waals surface area contributed by atoms with Gasteiger partial charge in [-0.05, 0) is 62.4 Å². The van der Waals surface area contributed by atoms with Crippen LogP contribution in [-0.4, -0.2) is 51.8 Å². The van der Waals surface area contributed by atoms with Crippen LogP contribution >= 0.6 is 0 Å². The summed E-state index contributed by atoms with van der Waals surface area (Å²) in [6.45, 7) is 5.12. The highest BCUT2D eigenvalue weighted by Gasteiger charge is 2.39. The Labute approximate surface area is 180 Å². The molecule has 2 fully saturated rings. The van der Waals surface area contributed by atoms with Crippen LogP contribution in [0.2, 0.25) is 0 Å². The van der Waals surface area contributed by atoms with Gasteiger partial charge in [0.1, 0.15) is 6.04 Å². The maximum Gasteiger partial charge on any atom is 0.255 e. The first kappa shape index (κ1) is 19.9. The average molecular weight is 422 g/mol. The Kier molecular flexibility index (Phi) is 5.09. The number of piperidine rings is 2. The number of nitrogens with zero attached hydrogens (tertiary/aromatic N) is 3. The molecule has 1 unspecified atom stereocenters. The summed E-state index contributed by atoms with van der Waals surface area (Å²) in [6.07, 6.45) is 2.77. The van der Waals surface area contributed by atoms with E-state index in [4.69, 9.17) is 4.52 Å². The van der Waals surface area contributed by atoms with Crippen LogP contribution < -0.4 is 5.32 Å². The zero-order valence-corrected chi connectivity index (χ0v) is 17.6. The predicted octanol–water partition coefficient (Wildman–Crippen LogP) is 2.12. The Bertz CT molecular complexity index is 1040. The summed E-state index contributed by atoms with van der Waals surface area (Å²) in [5.74, 6) is 0.607. The molecular weight excluding hydrogens is 396 g/mol. The van der Waals surface area contributed by atoms with E-state index in [1.807, 2.05) is 19.1 Å². The van der Waals surface area contributed by atoms with E-state index in [9.17, 15) is 14.4 Å². The first-order valence-electron chi connectivity index (χ1n) is 10.9. The molecule has 3 amide bonds. The normalized spacial score (nSPS) is 22.7. The molecule has 31 heavy (non-hydrogen) atoms. The number of likely N-dealkylation sites (tertiary alicyclic amines) is 1. The summed E-state index contributed by atoms with van der Waals surface area (Å²) in [6, 6.07) is 7.52. The lowest BCUT2D eigenvalue weighted by molar-refractivity contribution is -0.136. The van der Waals surface area contributed by atoms with Crippen molar-refractivity contribution in [1.29, 1.82) is 0 Å². The van der Waals surface area contributed by atoms with Gasteiger partial charge in [-0.25, -0.2) is 0 Å². The van der Waals surface area contributed by atoms with E-state index in [1.54, 1.807) is 4.90 Å². The molecule has 2 aromatic rings. The van der Waals surface area contributed by atoms with Gasteiger partial charge >= 0.3 is 0 Å². The van der Waals surface area contributed by atoms with Crippen molar-refractivity contribution in [1.82, 2.24) is 20.3 Å². The Hall–Kier alpha value is -3.00. The standard InChI is InChI=1S/C23H26N4O4/c1-14-10-18(31-25-14)13-26-8-6-15(7-9-26)16-2-3-19-17(11-16)12-27(23(19)30)20-4-5-21(28)24-22(20)29/h2-3,10-11,15,20H,4-9,12-13H2,1H3,(H,24,28,29). The molecule has 3 aliphatic heterocycles. The quantitative estimate of drug-likeness (QED) is 0.759. The van der Waals surface area contributed by atoms with Crippen LogP contribution in [0.4, 0.5) is 0 Å². The molecule has 1 atom stereocenters. The number of aryl methyl sites for hydroxylation is 1. The van der Waals surface area contributed by atoms with Gasteiger partial charge in [0.25, 0.3) is 5.91 Å². The number of fused-ring (bicyclic) bond motifs is 1. The average Bonchev–Trinajstić information content (AvgIpc) is 3.31. The van der Waals surface area contributed by atoms with E-state index in [2.05, 4.69) is 27.5 Å². The van der Waals surface area contributed by atoms with Gasteiger partial charge in [0.2, 0.25) is 11.8 Å². The molecule has 0 bridgehead atoms. The van der Waals surface area contributed by atoms with E-state index in [0.717, 1.165) is 49.5 Å². The molecule has 0 spiro atoms. The molecule has 5 rings (SSSR count). The maximum absolute atomic E-state index is 12.9. The lowest BCUT2D eigenvalue weighted by Crippen LogP contribution is -2.52. The number of imide groups is 1. The van der Waals surface area contributed by atoms with E-state index in [-0.39, 0.29) is 24.1 Å². The van der Waals surface area contributed by atoms with E-state index < -0.39 is 6.04 Å². The van der Waals surface area contributed by atoms with Gasteiger partial charge in [0, 0.05) is 24.6 Å². The van der Waals surface area contributed by atoms with Crippen molar-refractivity contribution >= 4 is 17.7 Å². The number of benzene rings is 1. The van der Waals surface area contributed by atoms with Crippen LogP contribution in [0.3, 0.4) is 0 Å². The van der Waals surface area contributed by atoms with E-state index in [0.29, 0.717) is 24.4 Å². The third-order valence-corrected chi connectivity index (χ3v) is 6.66. The molecule has 1 aromatic carbocycles. The summed E-state index contributed by atoms with van der Waals surface area (Å²) in [4.78, 5) is 40.5. The fraction of sp³-hybridized carbons (Fsp3) is 0.478. The molecule has 8 nitrogen and oxygen atoms in total. The molecule has 1 aromatic heterocycles. The maximum atomic E-state index is 12.9. The van der Waals surface area contributed by atoms with Gasteiger partial charge in [-0.3, -0.25) is 24.6 Å². The number of carbonyl (C=O) groups excluding carboxylic acids is 3. The molecule has 4 heterocycles. The van der Waals surface area contributed by atoms with Crippen LogP contribution in [0.5, 0.6) is 0 Å². The van der Waals surface area contributed by atoms with Crippen molar-refractivity contribution in [2.75, 3.05) is 13.1 Å². The Morgan fingerprint density at radius 2 is 1.94 bits per heavy atom. The first-order valence-corrected chi connectivity index (χ1v) is 10.9. The predicted molar refractivity (Wildman–Crippen MR) is 111 cm³/mol. The largest absolute Gasteiger partial charge is 0.360 e. The zero-order valence-electron chi connectivity index (χ0n) is 17.6. The summed E-state index contributed by atoms with van der Waals surface area (Å²) in [5.41, 5.74) is 3.81. The topological polar surface area (TPSA) is 95.8 Å². The molecule has 8 heteroatoms. The summed E-state index contributed by atoms with van der Waals surface area (Å²) in [7, 11) is 0. The fourth-order valence-corrected chi connectivity index (χ4v) is 4.98.